The Labute approximate surface area is 101 Å². The molecule has 1 aromatic carbocycles. The molecule has 4 heteroatoms. The lowest BCUT2D eigenvalue weighted by molar-refractivity contribution is 0.249. The van der Waals surface area contributed by atoms with Crippen LogP contribution in [0.25, 0.3) is 0 Å². The number of rotatable bonds is 5. The summed E-state index contributed by atoms with van der Waals surface area (Å²) in [5.41, 5.74) is 0.591. The van der Waals surface area contributed by atoms with Crippen LogP contribution in [0, 0.1) is 11.7 Å². The second-order valence-corrected chi connectivity index (χ2v) is 4.02. The van der Waals surface area contributed by atoms with Crippen molar-refractivity contribution in [1.82, 2.24) is 5.32 Å². The lowest BCUT2D eigenvalue weighted by Crippen LogP contribution is -2.32. The molecule has 0 atom stereocenters. The number of hydrogen-bond donors (Lipinski definition) is 2. The van der Waals surface area contributed by atoms with Crippen molar-refractivity contribution < 1.29 is 9.18 Å². The normalized spacial score (nSPS) is 10.4. The predicted octanol–water partition coefficient (Wildman–Crippen LogP) is 3.38. The van der Waals surface area contributed by atoms with E-state index >= 15 is 0 Å². The van der Waals surface area contributed by atoms with E-state index in [1.165, 1.54) is 24.3 Å². The number of halogens is 1. The van der Waals surface area contributed by atoms with Gasteiger partial charge in [-0.3, -0.25) is 0 Å². The molecule has 17 heavy (non-hydrogen) atoms. The maximum absolute atomic E-state index is 12.6. The summed E-state index contributed by atoms with van der Waals surface area (Å²) in [5, 5.41) is 5.46. The van der Waals surface area contributed by atoms with E-state index in [1.807, 2.05) is 0 Å². The first-order valence-corrected chi connectivity index (χ1v) is 5.96. The fourth-order valence-electron chi connectivity index (χ4n) is 1.52. The zero-order chi connectivity index (χ0) is 12.7. The fourth-order valence-corrected chi connectivity index (χ4v) is 1.52. The minimum atomic E-state index is -0.312. The Hall–Kier alpha value is -1.58. The molecule has 1 aromatic rings. The highest BCUT2D eigenvalue weighted by Crippen LogP contribution is 2.08. The lowest BCUT2D eigenvalue weighted by atomic mass is 10.0. The second-order valence-electron chi connectivity index (χ2n) is 4.02. The Morgan fingerprint density at radius 3 is 2.35 bits per heavy atom. The molecule has 3 nitrogen and oxygen atoms in total. The summed E-state index contributed by atoms with van der Waals surface area (Å²) in [6.07, 6.45) is 2.10. The predicted molar refractivity (Wildman–Crippen MR) is 67.5 cm³/mol. The molecule has 1 rings (SSSR count). The van der Waals surface area contributed by atoms with Gasteiger partial charge in [-0.15, -0.1) is 0 Å². The van der Waals surface area contributed by atoms with Crippen molar-refractivity contribution in [2.75, 3.05) is 11.9 Å². The summed E-state index contributed by atoms with van der Waals surface area (Å²) >= 11 is 0. The van der Waals surface area contributed by atoms with E-state index in [-0.39, 0.29) is 11.8 Å². The van der Waals surface area contributed by atoms with Gasteiger partial charge in [-0.05, 0) is 30.2 Å². The van der Waals surface area contributed by atoms with Crippen LogP contribution in [0.1, 0.15) is 26.7 Å². The summed E-state index contributed by atoms with van der Waals surface area (Å²) in [7, 11) is 0. The average molecular weight is 238 g/mol. The molecule has 0 saturated carbocycles. The molecular weight excluding hydrogens is 219 g/mol. The number of hydrogen-bond acceptors (Lipinski definition) is 1. The molecule has 2 amide bonds. The molecule has 0 aliphatic rings. The van der Waals surface area contributed by atoms with Gasteiger partial charge in [0.15, 0.2) is 0 Å². The van der Waals surface area contributed by atoms with E-state index in [0.717, 1.165) is 12.8 Å². The highest BCUT2D eigenvalue weighted by molar-refractivity contribution is 5.89. The Morgan fingerprint density at radius 1 is 1.24 bits per heavy atom. The quantitative estimate of drug-likeness (QED) is 0.811. The molecule has 0 radical (unpaired) electrons. The number of carbonyl (C=O) groups is 1. The van der Waals surface area contributed by atoms with Gasteiger partial charge in [-0.2, -0.15) is 0 Å². The Kier molecular flexibility index (Phi) is 5.46. The van der Waals surface area contributed by atoms with Crippen molar-refractivity contribution in [3.8, 4) is 0 Å². The van der Waals surface area contributed by atoms with Crippen molar-refractivity contribution in [2.24, 2.45) is 5.92 Å². The number of nitrogens with one attached hydrogen (secondary N) is 2. The molecule has 2 N–H and O–H groups in total. The van der Waals surface area contributed by atoms with Crippen LogP contribution in [-0.2, 0) is 0 Å². The van der Waals surface area contributed by atoms with Crippen molar-refractivity contribution in [3.05, 3.63) is 30.1 Å². The van der Waals surface area contributed by atoms with Gasteiger partial charge >= 0.3 is 6.03 Å². The zero-order valence-corrected chi connectivity index (χ0v) is 10.3. The van der Waals surface area contributed by atoms with Gasteiger partial charge in [0.2, 0.25) is 0 Å². The summed E-state index contributed by atoms with van der Waals surface area (Å²) in [4.78, 5) is 11.5. The molecule has 94 valence electrons. The first-order chi connectivity index (χ1) is 8.15. The summed E-state index contributed by atoms with van der Waals surface area (Å²) in [6, 6.07) is 5.45. The molecule has 0 aliphatic carbocycles. The van der Waals surface area contributed by atoms with Crippen LogP contribution in [0.15, 0.2) is 24.3 Å². The van der Waals surface area contributed by atoms with Crippen LogP contribution < -0.4 is 10.6 Å². The van der Waals surface area contributed by atoms with Crippen LogP contribution in [0.4, 0.5) is 14.9 Å². The molecular formula is C13H19FN2O. The van der Waals surface area contributed by atoms with Crippen molar-refractivity contribution in [1.29, 1.82) is 0 Å². The van der Waals surface area contributed by atoms with Gasteiger partial charge in [-0.1, -0.05) is 26.7 Å². The smallest absolute Gasteiger partial charge is 0.319 e. The van der Waals surface area contributed by atoms with Gasteiger partial charge in [0.05, 0.1) is 0 Å². The van der Waals surface area contributed by atoms with Crippen molar-refractivity contribution in [2.45, 2.75) is 26.7 Å². The molecule has 0 spiro atoms. The molecule has 0 fully saturated rings. The topological polar surface area (TPSA) is 41.1 Å². The van der Waals surface area contributed by atoms with Crippen molar-refractivity contribution >= 4 is 11.7 Å². The highest BCUT2D eigenvalue weighted by Gasteiger charge is 2.06. The van der Waals surface area contributed by atoms with Gasteiger partial charge in [0, 0.05) is 12.2 Å². The first-order valence-electron chi connectivity index (χ1n) is 5.96. The van der Waals surface area contributed by atoms with E-state index < -0.39 is 0 Å². The second kappa shape index (κ2) is 6.89. The minimum Gasteiger partial charge on any atom is -0.338 e. The van der Waals surface area contributed by atoms with Crippen LogP contribution in [-0.4, -0.2) is 12.6 Å². The maximum atomic E-state index is 12.6. The molecule has 0 heterocycles. The third-order valence-electron chi connectivity index (χ3n) is 2.81. The Bertz CT molecular complexity index is 347. The van der Waals surface area contributed by atoms with Gasteiger partial charge in [0.1, 0.15) is 5.82 Å². The van der Waals surface area contributed by atoms with Crippen LogP contribution in [0.3, 0.4) is 0 Å². The third kappa shape index (κ3) is 4.85. The van der Waals surface area contributed by atoms with E-state index in [9.17, 15) is 9.18 Å². The SMILES string of the molecule is CCC(CC)CNC(=O)Nc1ccc(F)cc1. The monoisotopic (exact) mass is 238 g/mol. The minimum absolute atomic E-state index is 0.247. The molecule has 0 unspecified atom stereocenters. The third-order valence-corrected chi connectivity index (χ3v) is 2.81. The number of carbonyl (C=O) groups excluding carboxylic acids is 1. The van der Waals surface area contributed by atoms with Gasteiger partial charge in [-0.25, -0.2) is 9.18 Å². The summed E-state index contributed by atoms with van der Waals surface area (Å²) in [6.45, 7) is 4.88. The standard InChI is InChI=1S/C13H19FN2O/c1-3-10(4-2)9-15-13(17)16-12-7-5-11(14)6-8-12/h5-8,10H,3-4,9H2,1-2H3,(H2,15,16,17). The first kappa shape index (κ1) is 13.5. The number of amides is 2. The number of urea groups is 1. The van der Waals surface area contributed by atoms with Crippen LogP contribution in [0.5, 0.6) is 0 Å². The average Bonchev–Trinajstić information content (AvgIpc) is 2.33. The largest absolute Gasteiger partial charge is 0.338 e. The van der Waals surface area contributed by atoms with E-state index in [2.05, 4.69) is 24.5 Å². The van der Waals surface area contributed by atoms with Gasteiger partial charge < -0.3 is 10.6 Å². The Morgan fingerprint density at radius 2 is 1.82 bits per heavy atom. The fraction of sp³-hybridized carbons (Fsp3) is 0.462. The van der Waals surface area contributed by atoms with Crippen LogP contribution in [0.2, 0.25) is 0 Å². The number of benzene rings is 1. The summed E-state index contributed by atoms with van der Waals surface area (Å²) in [5.74, 6) is 0.196. The van der Waals surface area contributed by atoms with Gasteiger partial charge in [0.25, 0.3) is 0 Å². The zero-order valence-electron chi connectivity index (χ0n) is 10.3. The summed E-state index contributed by atoms with van der Waals surface area (Å²) < 4.78 is 12.6. The molecule has 0 aliphatic heterocycles. The maximum Gasteiger partial charge on any atom is 0.319 e. The molecule has 0 saturated heterocycles. The number of anilines is 1. The Balaban J connectivity index is 2.37. The van der Waals surface area contributed by atoms with Crippen molar-refractivity contribution in [3.63, 3.8) is 0 Å². The van der Waals surface area contributed by atoms with E-state index in [4.69, 9.17) is 0 Å². The molecule has 0 bridgehead atoms. The van der Waals surface area contributed by atoms with E-state index in [0.29, 0.717) is 18.2 Å². The van der Waals surface area contributed by atoms with E-state index in [1.54, 1.807) is 0 Å². The van der Waals surface area contributed by atoms with Crippen LogP contribution >= 0.6 is 0 Å². The lowest BCUT2D eigenvalue weighted by Gasteiger charge is -2.13. The molecule has 0 aromatic heterocycles. The highest BCUT2D eigenvalue weighted by atomic mass is 19.1.